The predicted molar refractivity (Wildman–Crippen MR) is 92.8 cm³/mol. The smallest absolute Gasteiger partial charge is 0.273 e. The van der Waals surface area contributed by atoms with Crippen molar-refractivity contribution >= 4 is 33.4 Å². The molecule has 1 N–H and O–H groups in total. The first-order chi connectivity index (χ1) is 11.9. The van der Waals surface area contributed by atoms with Crippen LogP contribution in [-0.4, -0.2) is 55.2 Å². The Hall–Kier alpha value is -2.75. The van der Waals surface area contributed by atoms with Gasteiger partial charge in [0.2, 0.25) is 5.91 Å². The molecule has 0 radical (unpaired) electrons. The lowest BCUT2D eigenvalue weighted by atomic mass is 10.4. The lowest BCUT2D eigenvalue weighted by molar-refractivity contribution is -0.129. The second kappa shape index (κ2) is 7.01. The van der Waals surface area contributed by atoms with Gasteiger partial charge in [0.25, 0.3) is 5.91 Å². The van der Waals surface area contributed by atoms with Crippen molar-refractivity contribution in [3.05, 3.63) is 46.6 Å². The maximum absolute atomic E-state index is 12.2. The molecule has 0 unspecified atom stereocenters. The van der Waals surface area contributed by atoms with Crippen LogP contribution in [0.1, 0.15) is 16.2 Å². The first kappa shape index (κ1) is 17.1. The Morgan fingerprint density at radius 2 is 2.04 bits per heavy atom. The number of carbonyl (C=O) groups excluding carboxylic acids is 2. The van der Waals surface area contributed by atoms with Gasteiger partial charge in [0.15, 0.2) is 5.69 Å². The molecule has 0 fully saturated rings. The van der Waals surface area contributed by atoms with Crippen LogP contribution in [0.2, 0.25) is 0 Å². The minimum Gasteiger partial charge on any atom is -0.347 e. The van der Waals surface area contributed by atoms with Crippen molar-refractivity contribution in [2.75, 3.05) is 14.1 Å². The van der Waals surface area contributed by atoms with Gasteiger partial charge in [-0.3, -0.25) is 9.59 Å². The molecule has 0 aliphatic carbocycles. The van der Waals surface area contributed by atoms with Gasteiger partial charge in [0.1, 0.15) is 12.2 Å². The quantitative estimate of drug-likeness (QED) is 0.673. The van der Waals surface area contributed by atoms with Crippen LogP contribution in [0.3, 0.4) is 0 Å². The van der Waals surface area contributed by atoms with Gasteiger partial charge >= 0.3 is 0 Å². The number of rotatable bonds is 5. The summed E-state index contributed by atoms with van der Waals surface area (Å²) in [7, 11) is 3.31. The number of pyridine rings is 1. The van der Waals surface area contributed by atoms with Gasteiger partial charge in [-0.05, 0) is 28.1 Å². The van der Waals surface area contributed by atoms with Crippen molar-refractivity contribution in [2.45, 2.75) is 13.1 Å². The second-order valence-electron chi connectivity index (χ2n) is 5.62. The van der Waals surface area contributed by atoms with E-state index < -0.39 is 0 Å². The first-order valence-electron chi connectivity index (χ1n) is 7.44. The van der Waals surface area contributed by atoms with Gasteiger partial charge in [-0.15, -0.1) is 5.10 Å². The van der Waals surface area contributed by atoms with Crippen LogP contribution in [0.15, 0.2) is 35.2 Å². The maximum atomic E-state index is 12.2. The molecule has 0 spiro atoms. The summed E-state index contributed by atoms with van der Waals surface area (Å²) in [5.41, 5.74) is 1.67. The van der Waals surface area contributed by atoms with Gasteiger partial charge in [-0.1, -0.05) is 5.21 Å². The Labute approximate surface area is 151 Å². The molecule has 130 valence electrons. The molecule has 3 aromatic heterocycles. The monoisotopic (exact) mass is 405 g/mol. The Balaban J connectivity index is 1.62. The fraction of sp³-hybridized carbons (Fsp3) is 0.267. The molecule has 0 aliphatic heterocycles. The molecule has 0 aliphatic rings. The Kier molecular flexibility index (Phi) is 4.79. The summed E-state index contributed by atoms with van der Waals surface area (Å²) in [5, 5.41) is 10.3. The summed E-state index contributed by atoms with van der Waals surface area (Å²) < 4.78 is 4.14. The molecule has 0 saturated heterocycles. The number of amides is 2. The molecular formula is C15H16BrN7O2. The van der Waals surface area contributed by atoms with Gasteiger partial charge in [0.05, 0.1) is 18.4 Å². The summed E-state index contributed by atoms with van der Waals surface area (Å²) in [6, 6.07) is 3.78. The highest BCUT2D eigenvalue weighted by atomic mass is 79.9. The number of halogens is 1. The van der Waals surface area contributed by atoms with Gasteiger partial charge in [-0.2, -0.15) is 0 Å². The first-order valence-corrected chi connectivity index (χ1v) is 8.23. The van der Waals surface area contributed by atoms with E-state index in [1.54, 1.807) is 14.1 Å². The summed E-state index contributed by atoms with van der Waals surface area (Å²) in [5.74, 6) is -0.505. The van der Waals surface area contributed by atoms with E-state index in [4.69, 9.17) is 0 Å². The van der Waals surface area contributed by atoms with Crippen molar-refractivity contribution in [3.8, 4) is 0 Å². The maximum Gasteiger partial charge on any atom is 0.273 e. The molecule has 2 amide bonds. The zero-order valence-electron chi connectivity index (χ0n) is 13.7. The number of aromatic nitrogens is 5. The predicted octanol–water partition coefficient (Wildman–Crippen LogP) is 0.706. The van der Waals surface area contributed by atoms with Crippen LogP contribution >= 0.6 is 15.9 Å². The number of nitrogens with zero attached hydrogens (tertiary/aromatic N) is 6. The number of likely N-dealkylation sites (N-methyl/N-ethyl adjacent to an activating group) is 1. The molecule has 10 heteroatoms. The Bertz CT molecular complexity index is 931. The Morgan fingerprint density at radius 1 is 1.24 bits per heavy atom. The van der Waals surface area contributed by atoms with Crippen molar-refractivity contribution in [2.24, 2.45) is 0 Å². The molecule has 0 bridgehead atoms. The molecule has 3 rings (SSSR count). The van der Waals surface area contributed by atoms with E-state index in [9.17, 15) is 9.59 Å². The molecule has 25 heavy (non-hydrogen) atoms. The lowest BCUT2D eigenvalue weighted by Crippen LogP contribution is -2.26. The van der Waals surface area contributed by atoms with E-state index in [1.165, 1.54) is 15.8 Å². The van der Waals surface area contributed by atoms with E-state index in [1.807, 2.05) is 28.9 Å². The lowest BCUT2D eigenvalue weighted by Gasteiger charge is -2.08. The van der Waals surface area contributed by atoms with Crippen molar-refractivity contribution in [3.63, 3.8) is 0 Å². The minimum absolute atomic E-state index is 0.0363. The van der Waals surface area contributed by atoms with Gasteiger partial charge in [0, 0.05) is 31.0 Å². The van der Waals surface area contributed by atoms with Gasteiger partial charge < -0.3 is 14.6 Å². The highest BCUT2D eigenvalue weighted by Crippen LogP contribution is 2.12. The van der Waals surface area contributed by atoms with Gasteiger partial charge in [-0.25, -0.2) is 9.67 Å². The summed E-state index contributed by atoms with van der Waals surface area (Å²) in [6.45, 7) is 0.302. The third-order valence-electron chi connectivity index (χ3n) is 3.46. The number of hydrogen-bond donors (Lipinski definition) is 1. The van der Waals surface area contributed by atoms with Crippen LogP contribution in [0.25, 0.3) is 5.65 Å². The fourth-order valence-corrected chi connectivity index (χ4v) is 2.48. The minimum atomic E-state index is -0.373. The van der Waals surface area contributed by atoms with Crippen molar-refractivity contribution < 1.29 is 9.59 Å². The van der Waals surface area contributed by atoms with Crippen LogP contribution in [0, 0.1) is 0 Å². The third-order valence-corrected chi connectivity index (χ3v) is 3.93. The van der Waals surface area contributed by atoms with Crippen LogP contribution < -0.4 is 5.32 Å². The normalized spacial score (nSPS) is 10.8. The summed E-state index contributed by atoms with van der Waals surface area (Å²) in [4.78, 5) is 29.7. The van der Waals surface area contributed by atoms with Crippen LogP contribution in [0.4, 0.5) is 0 Å². The second-order valence-corrected chi connectivity index (χ2v) is 6.53. The number of imidazole rings is 1. The van der Waals surface area contributed by atoms with Crippen LogP contribution in [-0.2, 0) is 17.9 Å². The zero-order valence-corrected chi connectivity index (χ0v) is 15.3. The molecule has 0 atom stereocenters. The largest absolute Gasteiger partial charge is 0.347 e. The van der Waals surface area contributed by atoms with Crippen LogP contribution in [0.5, 0.6) is 0 Å². The number of carbonyl (C=O) groups is 2. The topological polar surface area (TPSA) is 97.4 Å². The average molecular weight is 406 g/mol. The van der Waals surface area contributed by atoms with E-state index in [0.717, 1.165) is 15.8 Å². The molecule has 0 saturated carbocycles. The number of hydrogen-bond acceptors (Lipinski definition) is 5. The molecule has 3 aromatic rings. The SMILES string of the molecule is CN(C)C(=O)Cn1cc(C(=O)NCc2cn3cc(Br)ccc3n2)nn1. The van der Waals surface area contributed by atoms with Crippen molar-refractivity contribution in [1.29, 1.82) is 0 Å². The number of nitrogens with one attached hydrogen (secondary N) is 1. The Morgan fingerprint density at radius 3 is 2.80 bits per heavy atom. The standard InChI is InChI=1S/C15H16BrN7O2/c1-21(2)14(24)9-23-8-12(19-20-23)15(25)17-5-11-7-22-6-10(16)3-4-13(22)18-11/h3-4,6-8H,5,9H2,1-2H3,(H,17,25). The van der Waals surface area contributed by atoms with E-state index >= 15 is 0 Å². The molecule has 9 nitrogen and oxygen atoms in total. The molecule has 3 heterocycles. The molecular weight excluding hydrogens is 390 g/mol. The van der Waals surface area contributed by atoms with Crippen molar-refractivity contribution in [1.82, 2.24) is 34.6 Å². The van der Waals surface area contributed by atoms with E-state index in [0.29, 0.717) is 0 Å². The number of fused-ring (bicyclic) bond motifs is 1. The zero-order chi connectivity index (χ0) is 18.0. The fourth-order valence-electron chi connectivity index (χ4n) is 2.12. The summed E-state index contributed by atoms with van der Waals surface area (Å²) in [6.07, 6.45) is 5.17. The van der Waals surface area contributed by atoms with E-state index in [2.05, 4.69) is 36.5 Å². The van der Waals surface area contributed by atoms with E-state index in [-0.39, 0.29) is 30.6 Å². The summed E-state index contributed by atoms with van der Waals surface area (Å²) >= 11 is 3.40. The third kappa shape index (κ3) is 4.02. The molecule has 0 aromatic carbocycles. The average Bonchev–Trinajstić information content (AvgIpc) is 3.18. The highest BCUT2D eigenvalue weighted by Gasteiger charge is 2.13. The highest BCUT2D eigenvalue weighted by molar-refractivity contribution is 9.10.